The van der Waals surface area contributed by atoms with Crippen LogP contribution in [0.2, 0.25) is 0 Å². The minimum atomic E-state index is -0.387. The van der Waals surface area contributed by atoms with Gasteiger partial charge in [0.25, 0.3) is 5.91 Å². The predicted molar refractivity (Wildman–Crippen MR) is 101 cm³/mol. The van der Waals surface area contributed by atoms with E-state index in [1.54, 1.807) is 4.90 Å². The van der Waals surface area contributed by atoms with E-state index in [0.29, 0.717) is 17.3 Å². The molecule has 0 saturated heterocycles. The number of amides is 1. The van der Waals surface area contributed by atoms with E-state index in [4.69, 9.17) is 4.52 Å². The van der Waals surface area contributed by atoms with Crippen LogP contribution in [0.1, 0.15) is 42.6 Å². The summed E-state index contributed by atoms with van der Waals surface area (Å²) in [5, 5.41) is 4.04. The molecule has 0 unspecified atom stereocenters. The molecule has 2 aromatic carbocycles. The SMILES string of the molecule is Cc1cccc(C(=O)N(Cc2nc(-c3ccccc3)no2)C(C)(C)C)c1. The summed E-state index contributed by atoms with van der Waals surface area (Å²) in [5.74, 6) is 0.887. The van der Waals surface area contributed by atoms with Gasteiger partial charge in [0, 0.05) is 16.7 Å². The zero-order valence-corrected chi connectivity index (χ0v) is 15.6. The molecule has 0 aliphatic heterocycles. The summed E-state index contributed by atoms with van der Waals surface area (Å²) in [5.41, 5.74) is 2.20. The van der Waals surface area contributed by atoms with Gasteiger partial charge in [-0.3, -0.25) is 4.79 Å². The van der Waals surface area contributed by atoms with Crippen molar-refractivity contribution in [1.29, 1.82) is 0 Å². The van der Waals surface area contributed by atoms with Gasteiger partial charge in [-0.2, -0.15) is 4.98 Å². The molecule has 0 radical (unpaired) electrons. The predicted octanol–water partition coefficient (Wildman–Crippen LogP) is 4.49. The third-order valence-corrected chi connectivity index (χ3v) is 4.11. The molecule has 3 rings (SSSR count). The van der Waals surface area contributed by atoms with Crippen molar-refractivity contribution < 1.29 is 9.32 Å². The summed E-state index contributed by atoms with van der Waals surface area (Å²) in [6, 6.07) is 17.2. The molecule has 5 heteroatoms. The maximum Gasteiger partial charge on any atom is 0.254 e. The van der Waals surface area contributed by atoms with Gasteiger partial charge in [-0.15, -0.1) is 0 Å². The van der Waals surface area contributed by atoms with E-state index < -0.39 is 0 Å². The van der Waals surface area contributed by atoms with Crippen molar-refractivity contribution in [2.45, 2.75) is 39.8 Å². The van der Waals surface area contributed by atoms with Gasteiger partial charge in [-0.05, 0) is 39.8 Å². The van der Waals surface area contributed by atoms with Crippen LogP contribution in [0.15, 0.2) is 59.1 Å². The van der Waals surface area contributed by atoms with Crippen molar-refractivity contribution in [2.24, 2.45) is 0 Å². The number of carbonyl (C=O) groups is 1. The Morgan fingerprint density at radius 1 is 1.08 bits per heavy atom. The van der Waals surface area contributed by atoms with Gasteiger partial charge in [0.1, 0.15) is 6.54 Å². The summed E-state index contributed by atoms with van der Waals surface area (Å²) in [4.78, 5) is 19.3. The summed E-state index contributed by atoms with van der Waals surface area (Å²) >= 11 is 0. The molecule has 3 aromatic rings. The Morgan fingerprint density at radius 2 is 1.81 bits per heavy atom. The molecule has 0 saturated carbocycles. The highest BCUT2D eigenvalue weighted by Gasteiger charge is 2.29. The first-order valence-corrected chi connectivity index (χ1v) is 8.61. The van der Waals surface area contributed by atoms with Crippen LogP contribution in [-0.2, 0) is 6.54 Å². The molecule has 0 spiro atoms. The van der Waals surface area contributed by atoms with Crippen molar-refractivity contribution >= 4 is 5.91 Å². The highest BCUT2D eigenvalue weighted by Crippen LogP contribution is 2.22. The van der Waals surface area contributed by atoms with Crippen LogP contribution in [0.3, 0.4) is 0 Å². The van der Waals surface area contributed by atoms with Gasteiger partial charge in [0.15, 0.2) is 0 Å². The molecule has 0 atom stereocenters. The molecule has 26 heavy (non-hydrogen) atoms. The van der Waals surface area contributed by atoms with E-state index in [2.05, 4.69) is 10.1 Å². The average molecular weight is 349 g/mol. The fourth-order valence-corrected chi connectivity index (χ4v) is 2.71. The van der Waals surface area contributed by atoms with Crippen molar-refractivity contribution in [2.75, 3.05) is 0 Å². The summed E-state index contributed by atoms with van der Waals surface area (Å²) < 4.78 is 5.40. The van der Waals surface area contributed by atoms with E-state index in [0.717, 1.165) is 11.1 Å². The van der Waals surface area contributed by atoms with E-state index >= 15 is 0 Å². The normalized spacial score (nSPS) is 11.4. The number of aryl methyl sites for hydroxylation is 1. The Balaban J connectivity index is 1.86. The highest BCUT2D eigenvalue weighted by molar-refractivity contribution is 5.94. The fraction of sp³-hybridized carbons (Fsp3) is 0.286. The second kappa shape index (κ2) is 7.12. The maximum atomic E-state index is 13.1. The quantitative estimate of drug-likeness (QED) is 0.696. The van der Waals surface area contributed by atoms with Gasteiger partial charge in [-0.25, -0.2) is 0 Å². The lowest BCUT2D eigenvalue weighted by Crippen LogP contribution is -2.45. The molecule has 1 aromatic heterocycles. The molecule has 0 fully saturated rings. The minimum absolute atomic E-state index is 0.0549. The van der Waals surface area contributed by atoms with Gasteiger partial charge in [0.2, 0.25) is 11.7 Å². The summed E-state index contributed by atoms with van der Waals surface area (Å²) in [6.07, 6.45) is 0. The van der Waals surface area contributed by atoms with Gasteiger partial charge in [-0.1, -0.05) is 53.2 Å². The Hall–Kier alpha value is -2.95. The van der Waals surface area contributed by atoms with Crippen LogP contribution in [-0.4, -0.2) is 26.5 Å². The zero-order chi connectivity index (χ0) is 18.7. The van der Waals surface area contributed by atoms with Crippen LogP contribution in [0.25, 0.3) is 11.4 Å². The van der Waals surface area contributed by atoms with Gasteiger partial charge >= 0.3 is 0 Å². The van der Waals surface area contributed by atoms with Gasteiger partial charge < -0.3 is 9.42 Å². The minimum Gasteiger partial charge on any atom is -0.337 e. The van der Waals surface area contributed by atoms with Crippen LogP contribution >= 0.6 is 0 Å². The van der Waals surface area contributed by atoms with Gasteiger partial charge in [0.05, 0.1) is 0 Å². The lowest BCUT2D eigenvalue weighted by atomic mass is 10.0. The van der Waals surface area contributed by atoms with E-state index in [9.17, 15) is 4.79 Å². The van der Waals surface area contributed by atoms with E-state index in [-0.39, 0.29) is 18.0 Å². The summed E-state index contributed by atoms with van der Waals surface area (Å²) in [6.45, 7) is 8.22. The lowest BCUT2D eigenvalue weighted by Gasteiger charge is -2.34. The topological polar surface area (TPSA) is 59.2 Å². The lowest BCUT2D eigenvalue weighted by molar-refractivity contribution is 0.0526. The molecule has 134 valence electrons. The molecule has 0 bridgehead atoms. The molecule has 1 heterocycles. The third-order valence-electron chi connectivity index (χ3n) is 4.11. The Bertz CT molecular complexity index is 895. The number of rotatable bonds is 4. The van der Waals surface area contributed by atoms with Crippen LogP contribution in [0, 0.1) is 6.92 Å². The summed E-state index contributed by atoms with van der Waals surface area (Å²) in [7, 11) is 0. The fourth-order valence-electron chi connectivity index (χ4n) is 2.71. The first-order chi connectivity index (χ1) is 12.3. The Kier molecular flexibility index (Phi) is 4.89. The molecule has 1 amide bonds. The number of hydrogen-bond acceptors (Lipinski definition) is 4. The third kappa shape index (κ3) is 3.99. The van der Waals surface area contributed by atoms with Crippen molar-refractivity contribution in [3.8, 4) is 11.4 Å². The Labute approximate surface area is 153 Å². The maximum absolute atomic E-state index is 13.1. The van der Waals surface area contributed by atoms with E-state index in [1.807, 2.05) is 82.3 Å². The average Bonchev–Trinajstić information content (AvgIpc) is 3.08. The number of nitrogens with zero attached hydrogens (tertiary/aromatic N) is 3. The molecular weight excluding hydrogens is 326 g/mol. The molecule has 0 aliphatic carbocycles. The van der Waals surface area contributed by atoms with Crippen LogP contribution < -0.4 is 0 Å². The van der Waals surface area contributed by atoms with E-state index in [1.165, 1.54) is 0 Å². The second-order valence-electron chi connectivity index (χ2n) is 7.31. The van der Waals surface area contributed by atoms with Crippen molar-refractivity contribution in [1.82, 2.24) is 15.0 Å². The number of hydrogen-bond donors (Lipinski definition) is 0. The molecule has 0 aliphatic rings. The molecule has 0 N–H and O–H groups in total. The number of carbonyl (C=O) groups excluding carboxylic acids is 1. The Morgan fingerprint density at radius 3 is 2.46 bits per heavy atom. The zero-order valence-electron chi connectivity index (χ0n) is 15.6. The largest absolute Gasteiger partial charge is 0.337 e. The first-order valence-electron chi connectivity index (χ1n) is 8.61. The van der Waals surface area contributed by atoms with Crippen molar-refractivity contribution in [3.05, 3.63) is 71.6 Å². The molecule has 5 nitrogen and oxygen atoms in total. The number of aromatic nitrogens is 2. The standard InChI is InChI=1S/C21H23N3O2/c1-15-9-8-12-17(13-15)20(25)24(21(2,3)4)14-18-22-19(23-26-18)16-10-6-5-7-11-16/h5-13H,14H2,1-4H3. The van der Waals surface area contributed by atoms with Crippen LogP contribution in [0.4, 0.5) is 0 Å². The monoisotopic (exact) mass is 349 g/mol. The number of benzene rings is 2. The van der Waals surface area contributed by atoms with Crippen LogP contribution in [0.5, 0.6) is 0 Å². The second-order valence-corrected chi connectivity index (χ2v) is 7.31. The van der Waals surface area contributed by atoms with Crippen molar-refractivity contribution in [3.63, 3.8) is 0 Å². The highest BCUT2D eigenvalue weighted by atomic mass is 16.5. The molecular formula is C21H23N3O2. The first kappa shape index (κ1) is 17.9. The smallest absolute Gasteiger partial charge is 0.254 e.